The summed E-state index contributed by atoms with van der Waals surface area (Å²) in [5.74, 6) is 0.212. The van der Waals surface area contributed by atoms with Gasteiger partial charge in [-0.15, -0.1) is 4.83 Å². The van der Waals surface area contributed by atoms with Gasteiger partial charge in [-0.1, -0.05) is 58.5 Å². The predicted molar refractivity (Wildman–Crippen MR) is 151 cm³/mol. The van der Waals surface area contributed by atoms with Crippen molar-refractivity contribution in [3.8, 4) is 0 Å². The minimum absolute atomic E-state index is 0.0896. The minimum Gasteiger partial charge on any atom is -0.329 e. The maximum Gasteiger partial charge on any atom is 0.296 e. The number of aryl methyl sites for hydroxylation is 2. The van der Waals surface area contributed by atoms with E-state index in [1.54, 1.807) is 18.2 Å². The molecule has 0 aliphatic rings. The second-order valence-corrected chi connectivity index (χ2v) is 12.4. The maximum absolute atomic E-state index is 12.4. The second-order valence-electron chi connectivity index (χ2n) is 7.75. The first-order valence-electron chi connectivity index (χ1n) is 10.8. The zero-order chi connectivity index (χ0) is 29.1. The summed E-state index contributed by atoms with van der Waals surface area (Å²) in [5, 5.41) is -0.102. The van der Waals surface area contributed by atoms with Gasteiger partial charge in [0.25, 0.3) is 26.0 Å². The van der Waals surface area contributed by atoms with Crippen LogP contribution in [0.1, 0.15) is 23.1 Å². The molecule has 0 saturated carbocycles. The number of imidazole rings is 1. The Hall–Kier alpha value is -2.42. The molecule has 0 spiro atoms. The van der Waals surface area contributed by atoms with Crippen molar-refractivity contribution in [3.05, 3.63) is 86.1 Å². The number of rotatable bonds is 6. The van der Waals surface area contributed by atoms with Crippen LogP contribution in [-0.4, -0.2) is 36.8 Å². The minimum atomic E-state index is -4.27. The summed E-state index contributed by atoms with van der Waals surface area (Å²) in [6, 6.07) is 13.2. The highest BCUT2D eigenvalue weighted by atomic mass is 35.5. The van der Waals surface area contributed by atoms with Crippen LogP contribution in [0.4, 0.5) is 0 Å². The Kier molecular flexibility index (Phi) is 9.89. The third-order valence-electron chi connectivity index (χ3n) is 5.22. The van der Waals surface area contributed by atoms with Crippen LogP contribution < -0.4 is 10.3 Å². The van der Waals surface area contributed by atoms with Gasteiger partial charge in [0, 0.05) is 12.1 Å². The van der Waals surface area contributed by atoms with Gasteiger partial charge in [0.15, 0.2) is 0 Å². The molecular weight excluding hydrogens is 634 g/mol. The Bertz CT molecular complexity index is 1780. The number of carbonyl (C=O) groups is 1. The third-order valence-corrected chi connectivity index (χ3v) is 9.26. The normalized spacial score (nSPS) is 11.7. The van der Waals surface area contributed by atoms with E-state index in [4.69, 9.17) is 51.0 Å². The second kappa shape index (κ2) is 12.4. The number of nitrogens with zero attached hydrogens (tertiary/aromatic N) is 2. The molecule has 0 atom stereocenters. The number of hydrogen-bond acceptors (Lipinski definition) is 6. The number of benzene rings is 3. The Balaban J connectivity index is 0.000000293. The van der Waals surface area contributed by atoms with Crippen molar-refractivity contribution >= 4 is 83.5 Å². The van der Waals surface area contributed by atoms with Gasteiger partial charge >= 0.3 is 0 Å². The van der Waals surface area contributed by atoms with Crippen LogP contribution in [-0.2, 0) is 26.7 Å². The number of fused-ring (bicyclic) bond motifs is 1. The average Bonchev–Trinajstić information content (AvgIpc) is 3.19. The number of halogens is 4. The number of hydrazine groups is 1. The van der Waals surface area contributed by atoms with Crippen LogP contribution in [0.2, 0.25) is 20.1 Å². The summed E-state index contributed by atoms with van der Waals surface area (Å²) in [5.41, 5.74) is 3.99. The predicted octanol–water partition coefficient (Wildman–Crippen LogP) is 5.53. The van der Waals surface area contributed by atoms with Gasteiger partial charge in [-0.3, -0.25) is 14.8 Å². The summed E-state index contributed by atoms with van der Waals surface area (Å²) in [7, 11) is -8.36. The largest absolute Gasteiger partial charge is 0.329 e. The van der Waals surface area contributed by atoms with Gasteiger partial charge in [0.1, 0.15) is 15.6 Å². The molecule has 1 aromatic heterocycles. The summed E-state index contributed by atoms with van der Waals surface area (Å²) < 4.78 is 56.6. The summed E-state index contributed by atoms with van der Waals surface area (Å²) in [4.78, 5) is 18.2. The number of sulfonamides is 1. The molecule has 0 aliphatic heterocycles. The van der Waals surface area contributed by atoms with E-state index < -0.39 is 26.0 Å². The Morgan fingerprint density at radius 1 is 0.923 bits per heavy atom. The van der Waals surface area contributed by atoms with Crippen LogP contribution >= 0.6 is 46.4 Å². The highest BCUT2D eigenvalue weighted by Crippen LogP contribution is 2.29. The van der Waals surface area contributed by atoms with Crippen LogP contribution in [0.3, 0.4) is 0 Å². The Morgan fingerprint density at radius 3 is 2.03 bits per heavy atom. The third kappa shape index (κ3) is 7.21. The molecule has 0 bridgehead atoms. The van der Waals surface area contributed by atoms with Gasteiger partial charge in [-0.05, 0) is 56.3 Å². The fraction of sp³-hybridized carbons (Fsp3) is 0.130. The van der Waals surface area contributed by atoms with Crippen LogP contribution in [0.25, 0.3) is 11.0 Å². The van der Waals surface area contributed by atoms with Crippen molar-refractivity contribution in [1.82, 2.24) is 19.8 Å². The van der Waals surface area contributed by atoms with Gasteiger partial charge in [-0.2, -0.15) is 8.42 Å². The van der Waals surface area contributed by atoms with Crippen molar-refractivity contribution in [2.24, 2.45) is 0 Å². The molecule has 0 aliphatic carbocycles. The van der Waals surface area contributed by atoms with E-state index in [0.29, 0.717) is 5.52 Å². The molecule has 0 unspecified atom stereocenters. The number of carbonyl (C=O) groups excluding carboxylic acids is 1. The lowest BCUT2D eigenvalue weighted by atomic mass is 10.2. The standard InChI is InChI=1S/C17H16Cl2N4O3S.C6H4Cl2O3S/c1-3-23-10(2)20-13-9-11(7-8-14(13)23)17(24)21-22-27(25,26)15-6-4-5-12(18)16(15)19;7-4-2-1-3-5(6(4)8)12(9,10)11/h4-9,22H,3H2,1-2H3,(H,21,24);1-3H,(H,9,10,11). The molecule has 1 heterocycles. The zero-order valence-electron chi connectivity index (χ0n) is 20.1. The van der Waals surface area contributed by atoms with Gasteiger partial charge in [0.2, 0.25) is 0 Å². The molecule has 39 heavy (non-hydrogen) atoms. The lowest BCUT2D eigenvalue weighted by Gasteiger charge is -2.10. The van der Waals surface area contributed by atoms with E-state index >= 15 is 0 Å². The highest BCUT2D eigenvalue weighted by molar-refractivity contribution is 7.89. The quantitative estimate of drug-likeness (QED) is 0.183. The monoisotopic (exact) mass is 652 g/mol. The zero-order valence-corrected chi connectivity index (χ0v) is 24.8. The van der Waals surface area contributed by atoms with Gasteiger partial charge < -0.3 is 4.57 Å². The fourth-order valence-corrected chi connectivity index (χ4v) is 6.24. The first kappa shape index (κ1) is 31.1. The molecule has 0 fully saturated rings. The van der Waals surface area contributed by atoms with Crippen molar-refractivity contribution in [2.45, 2.75) is 30.2 Å². The van der Waals surface area contributed by atoms with Crippen molar-refractivity contribution in [2.75, 3.05) is 0 Å². The molecular formula is C23H20Cl4N4O6S2. The first-order chi connectivity index (χ1) is 18.2. The summed E-state index contributed by atoms with van der Waals surface area (Å²) >= 11 is 22.8. The fourth-order valence-electron chi connectivity index (χ4n) is 3.41. The number of amides is 1. The number of hydrogen-bond donors (Lipinski definition) is 3. The van der Waals surface area contributed by atoms with Crippen LogP contribution in [0.15, 0.2) is 64.4 Å². The van der Waals surface area contributed by atoms with Crippen molar-refractivity contribution < 1.29 is 26.2 Å². The van der Waals surface area contributed by atoms with E-state index in [-0.39, 0.29) is 35.4 Å². The van der Waals surface area contributed by atoms with Crippen molar-refractivity contribution in [1.29, 1.82) is 0 Å². The van der Waals surface area contributed by atoms with E-state index in [0.717, 1.165) is 17.9 Å². The number of nitrogens with one attached hydrogen (secondary N) is 2. The number of aromatic nitrogens is 2. The molecule has 4 rings (SSSR count). The Morgan fingerprint density at radius 2 is 1.49 bits per heavy atom. The van der Waals surface area contributed by atoms with E-state index in [1.807, 2.05) is 23.2 Å². The molecule has 4 aromatic rings. The molecule has 3 N–H and O–H groups in total. The van der Waals surface area contributed by atoms with Crippen LogP contribution in [0, 0.1) is 6.92 Å². The lowest BCUT2D eigenvalue weighted by Crippen LogP contribution is -2.41. The summed E-state index contributed by atoms with van der Waals surface area (Å²) in [6.45, 7) is 4.64. The topological polar surface area (TPSA) is 147 Å². The van der Waals surface area contributed by atoms with Gasteiger partial charge in [-0.25, -0.2) is 13.4 Å². The Labute approximate surface area is 244 Å². The first-order valence-corrected chi connectivity index (χ1v) is 15.3. The smallest absolute Gasteiger partial charge is 0.296 e. The molecule has 3 aromatic carbocycles. The summed E-state index contributed by atoms with van der Waals surface area (Å²) in [6.07, 6.45) is 0. The average molecular weight is 654 g/mol. The molecule has 0 saturated heterocycles. The van der Waals surface area contributed by atoms with Crippen molar-refractivity contribution in [3.63, 3.8) is 0 Å². The lowest BCUT2D eigenvalue weighted by molar-refractivity contribution is 0.0945. The maximum atomic E-state index is 12.4. The molecule has 16 heteroatoms. The molecule has 1 amide bonds. The molecule has 0 radical (unpaired) electrons. The molecule has 208 valence electrons. The molecule has 10 nitrogen and oxygen atoms in total. The highest BCUT2D eigenvalue weighted by Gasteiger charge is 2.21. The van der Waals surface area contributed by atoms with Gasteiger partial charge in [0.05, 0.1) is 31.1 Å². The van der Waals surface area contributed by atoms with E-state index in [1.165, 1.54) is 36.4 Å². The van der Waals surface area contributed by atoms with Crippen LogP contribution in [0.5, 0.6) is 0 Å². The van der Waals surface area contributed by atoms with E-state index in [9.17, 15) is 21.6 Å². The SMILES string of the molecule is CCn1c(C)nc2cc(C(=O)NNS(=O)(=O)c3cccc(Cl)c3Cl)ccc21.O=S(=O)(O)c1cccc(Cl)c1Cl. The van der Waals surface area contributed by atoms with E-state index in [2.05, 4.69) is 10.4 Å².